The Morgan fingerprint density at radius 3 is 3.00 bits per heavy atom. The maximum Gasteiger partial charge on any atom is 0.332 e. The third-order valence-corrected chi connectivity index (χ3v) is 4.73. The Labute approximate surface area is 116 Å². The predicted molar refractivity (Wildman–Crippen MR) is 75.9 cm³/mol. The third-order valence-electron chi connectivity index (χ3n) is 3.39. The molecular formula is C14H18FNO2S. The van der Waals surface area contributed by atoms with Crippen molar-refractivity contribution in [2.75, 3.05) is 17.7 Å². The molecule has 2 atom stereocenters. The van der Waals surface area contributed by atoms with Gasteiger partial charge in [0.15, 0.2) is 0 Å². The van der Waals surface area contributed by atoms with E-state index in [9.17, 15) is 9.18 Å². The SMILES string of the molecule is CCOC(=O)C1(Nc2cccc(F)c2)CCSC1C. The summed E-state index contributed by atoms with van der Waals surface area (Å²) < 4.78 is 18.4. The normalized spacial score (nSPS) is 26.2. The number of carbonyl (C=O) groups excluding carboxylic acids is 1. The summed E-state index contributed by atoms with van der Waals surface area (Å²) in [6, 6.07) is 6.18. The Morgan fingerprint density at radius 2 is 2.42 bits per heavy atom. The fourth-order valence-electron chi connectivity index (χ4n) is 2.31. The van der Waals surface area contributed by atoms with E-state index in [1.165, 1.54) is 12.1 Å². The minimum Gasteiger partial charge on any atom is -0.464 e. The van der Waals surface area contributed by atoms with Crippen LogP contribution in [-0.2, 0) is 9.53 Å². The second-order valence-corrected chi connectivity index (χ2v) is 6.04. The molecule has 1 aromatic rings. The van der Waals surface area contributed by atoms with E-state index >= 15 is 0 Å². The number of carbonyl (C=O) groups is 1. The summed E-state index contributed by atoms with van der Waals surface area (Å²) in [6.07, 6.45) is 0.689. The van der Waals surface area contributed by atoms with Gasteiger partial charge in [0.1, 0.15) is 11.4 Å². The van der Waals surface area contributed by atoms with Gasteiger partial charge in [-0.3, -0.25) is 0 Å². The highest BCUT2D eigenvalue weighted by atomic mass is 32.2. The van der Waals surface area contributed by atoms with E-state index in [1.807, 2.05) is 6.92 Å². The Bertz CT molecular complexity index is 469. The van der Waals surface area contributed by atoms with Crippen molar-refractivity contribution in [2.45, 2.75) is 31.1 Å². The summed E-state index contributed by atoms with van der Waals surface area (Å²) in [5.41, 5.74) is -0.142. The van der Waals surface area contributed by atoms with Gasteiger partial charge in [0.25, 0.3) is 0 Å². The summed E-state index contributed by atoms with van der Waals surface area (Å²) in [5.74, 6) is 0.321. The number of ether oxygens (including phenoxy) is 1. The van der Waals surface area contributed by atoms with Crippen LogP contribution in [0.15, 0.2) is 24.3 Å². The van der Waals surface area contributed by atoms with Crippen molar-refractivity contribution in [1.82, 2.24) is 0 Å². The van der Waals surface area contributed by atoms with Gasteiger partial charge in [-0.1, -0.05) is 13.0 Å². The molecule has 0 aliphatic carbocycles. The summed E-state index contributed by atoms with van der Waals surface area (Å²) in [4.78, 5) is 12.3. The lowest BCUT2D eigenvalue weighted by Gasteiger charge is -2.32. The summed E-state index contributed by atoms with van der Waals surface area (Å²) >= 11 is 1.72. The predicted octanol–water partition coefficient (Wildman–Crippen LogP) is 3.06. The van der Waals surface area contributed by atoms with E-state index in [1.54, 1.807) is 30.8 Å². The molecule has 0 amide bonds. The Balaban J connectivity index is 2.26. The average molecular weight is 283 g/mol. The van der Waals surface area contributed by atoms with Crippen LogP contribution in [0.1, 0.15) is 20.3 Å². The molecule has 2 rings (SSSR count). The highest BCUT2D eigenvalue weighted by Crippen LogP contribution is 2.39. The van der Waals surface area contributed by atoms with Crippen molar-refractivity contribution in [3.63, 3.8) is 0 Å². The van der Waals surface area contributed by atoms with Gasteiger partial charge in [-0.25, -0.2) is 9.18 Å². The van der Waals surface area contributed by atoms with E-state index in [2.05, 4.69) is 5.32 Å². The summed E-state index contributed by atoms with van der Waals surface area (Å²) in [5, 5.41) is 3.29. The monoisotopic (exact) mass is 283 g/mol. The number of nitrogens with one attached hydrogen (secondary N) is 1. The molecule has 1 aliphatic rings. The fraction of sp³-hybridized carbons (Fsp3) is 0.500. The minimum atomic E-state index is -0.755. The van der Waals surface area contributed by atoms with E-state index in [4.69, 9.17) is 4.74 Å². The fourth-order valence-corrected chi connectivity index (χ4v) is 3.66. The lowest BCUT2D eigenvalue weighted by molar-refractivity contribution is -0.148. The van der Waals surface area contributed by atoms with Crippen molar-refractivity contribution < 1.29 is 13.9 Å². The number of halogens is 1. The molecule has 1 saturated heterocycles. The van der Waals surface area contributed by atoms with Gasteiger partial charge in [0.2, 0.25) is 0 Å². The molecular weight excluding hydrogens is 265 g/mol. The van der Waals surface area contributed by atoms with Crippen molar-refractivity contribution in [1.29, 1.82) is 0 Å². The van der Waals surface area contributed by atoms with Crippen LogP contribution in [0.25, 0.3) is 0 Å². The molecule has 1 fully saturated rings. The van der Waals surface area contributed by atoms with Gasteiger partial charge >= 0.3 is 5.97 Å². The molecule has 1 aliphatic heterocycles. The largest absolute Gasteiger partial charge is 0.464 e. The molecule has 104 valence electrons. The van der Waals surface area contributed by atoms with Crippen LogP contribution in [0.5, 0.6) is 0 Å². The number of esters is 1. The highest BCUT2D eigenvalue weighted by molar-refractivity contribution is 8.00. The van der Waals surface area contributed by atoms with Crippen molar-refractivity contribution in [2.24, 2.45) is 0 Å². The molecule has 0 spiro atoms. The van der Waals surface area contributed by atoms with Crippen molar-refractivity contribution in [3.05, 3.63) is 30.1 Å². The Morgan fingerprint density at radius 1 is 1.63 bits per heavy atom. The number of thioether (sulfide) groups is 1. The van der Waals surface area contributed by atoms with Crippen molar-refractivity contribution in [3.8, 4) is 0 Å². The van der Waals surface area contributed by atoms with Crippen LogP contribution in [0, 0.1) is 5.82 Å². The standard InChI is InChI=1S/C14H18FNO2S/c1-3-18-13(17)14(7-8-19-10(14)2)16-12-6-4-5-11(15)9-12/h4-6,9-10,16H,3,7-8H2,1-2H3. The van der Waals surface area contributed by atoms with Gasteiger partial charge < -0.3 is 10.1 Å². The Hall–Kier alpha value is -1.23. The number of benzene rings is 1. The number of hydrogen-bond donors (Lipinski definition) is 1. The zero-order valence-corrected chi connectivity index (χ0v) is 11.9. The van der Waals surface area contributed by atoms with Crippen LogP contribution in [0.4, 0.5) is 10.1 Å². The minimum absolute atomic E-state index is 0.0924. The van der Waals surface area contributed by atoms with Crippen LogP contribution in [0.2, 0.25) is 0 Å². The molecule has 0 saturated carbocycles. The molecule has 19 heavy (non-hydrogen) atoms. The average Bonchev–Trinajstić information content (AvgIpc) is 2.72. The maximum atomic E-state index is 13.3. The van der Waals surface area contributed by atoms with Gasteiger partial charge in [-0.05, 0) is 37.3 Å². The van der Waals surface area contributed by atoms with Gasteiger partial charge in [0, 0.05) is 10.9 Å². The summed E-state index contributed by atoms with van der Waals surface area (Å²) in [7, 11) is 0. The smallest absolute Gasteiger partial charge is 0.332 e. The first-order valence-corrected chi connectivity index (χ1v) is 7.46. The topological polar surface area (TPSA) is 38.3 Å². The first-order valence-electron chi connectivity index (χ1n) is 6.41. The molecule has 0 radical (unpaired) electrons. The van der Waals surface area contributed by atoms with Gasteiger partial charge in [-0.2, -0.15) is 11.8 Å². The third kappa shape index (κ3) is 2.86. The van der Waals surface area contributed by atoms with Crippen LogP contribution < -0.4 is 5.32 Å². The molecule has 1 aromatic carbocycles. The zero-order chi connectivity index (χ0) is 13.9. The lowest BCUT2D eigenvalue weighted by Crippen LogP contribution is -2.51. The highest BCUT2D eigenvalue weighted by Gasteiger charge is 2.48. The number of anilines is 1. The van der Waals surface area contributed by atoms with E-state index in [0.29, 0.717) is 18.7 Å². The molecule has 2 unspecified atom stereocenters. The second-order valence-electron chi connectivity index (χ2n) is 4.59. The zero-order valence-electron chi connectivity index (χ0n) is 11.1. The quantitative estimate of drug-likeness (QED) is 0.862. The first kappa shape index (κ1) is 14.2. The van der Waals surface area contributed by atoms with Crippen LogP contribution >= 0.6 is 11.8 Å². The molecule has 1 N–H and O–H groups in total. The molecule has 3 nitrogen and oxygen atoms in total. The first-order chi connectivity index (χ1) is 9.08. The molecule has 1 heterocycles. The lowest BCUT2D eigenvalue weighted by atomic mass is 9.92. The van der Waals surface area contributed by atoms with E-state index in [0.717, 1.165) is 5.75 Å². The molecule has 0 bridgehead atoms. The Kier molecular flexibility index (Phi) is 4.34. The van der Waals surface area contributed by atoms with Crippen LogP contribution in [-0.4, -0.2) is 29.1 Å². The van der Waals surface area contributed by atoms with Gasteiger partial charge in [0.05, 0.1) is 6.61 Å². The maximum absolute atomic E-state index is 13.3. The van der Waals surface area contributed by atoms with E-state index in [-0.39, 0.29) is 17.0 Å². The number of hydrogen-bond acceptors (Lipinski definition) is 4. The second kappa shape index (κ2) is 5.82. The van der Waals surface area contributed by atoms with E-state index < -0.39 is 5.54 Å². The molecule has 5 heteroatoms. The number of rotatable bonds is 4. The van der Waals surface area contributed by atoms with Crippen molar-refractivity contribution >= 4 is 23.4 Å². The molecule has 0 aromatic heterocycles. The van der Waals surface area contributed by atoms with Gasteiger partial charge in [-0.15, -0.1) is 0 Å². The van der Waals surface area contributed by atoms with Crippen LogP contribution in [0.3, 0.4) is 0 Å². The summed E-state index contributed by atoms with van der Waals surface area (Å²) in [6.45, 7) is 4.14.